The highest BCUT2D eigenvalue weighted by atomic mass is 35.5. The third kappa shape index (κ3) is 3.41. The van der Waals surface area contributed by atoms with Crippen LogP contribution in [-0.2, 0) is 16.6 Å². The molecule has 0 aliphatic heterocycles. The van der Waals surface area contributed by atoms with Crippen molar-refractivity contribution in [3.8, 4) is 0 Å². The molecule has 0 bridgehead atoms. The molecule has 2 aromatic rings. The van der Waals surface area contributed by atoms with Gasteiger partial charge in [0.1, 0.15) is 10.7 Å². The van der Waals surface area contributed by atoms with E-state index in [1.807, 2.05) is 0 Å². The number of sulfonamides is 1. The van der Waals surface area contributed by atoms with E-state index in [1.165, 1.54) is 19.4 Å². The highest BCUT2D eigenvalue weighted by Gasteiger charge is 2.21. The van der Waals surface area contributed by atoms with Gasteiger partial charge in [-0.2, -0.15) is 0 Å². The van der Waals surface area contributed by atoms with Crippen molar-refractivity contribution < 1.29 is 22.7 Å². The molecule has 0 aliphatic rings. The maximum Gasteiger partial charge on any atom is 0.337 e. The molecular weight excluding hydrogens is 332 g/mol. The maximum absolute atomic E-state index is 11.8. The number of anilines is 1. The summed E-state index contributed by atoms with van der Waals surface area (Å²) in [6, 6.07) is 5.69. The molecule has 0 unspecified atom stereocenters. The van der Waals surface area contributed by atoms with Crippen molar-refractivity contribution in [2.75, 3.05) is 12.4 Å². The fourth-order valence-corrected chi connectivity index (χ4v) is 3.06. The lowest BCUT2D eigenvalue weighted by Crippen LogP contribution is -2.20. The van der Waals surface area contributed by atoms with Crippen molar-refractivity contribution in [3.63, 3.8) is 0 Å². The highest BCUT2D eigenvalue weighted by molar-refractivity contribution is 7.89. The Kier molecular flexibility index (Phi) is 4.74. The van der Waals surface area contributed by atoms with Crippen LogP contribution in [0, 0.1) is 0 Å². The van der Waals surface area contributed by atoms with Gasteiger partial charge in [0.25, 0.3) is 0 Å². The lowest BCUT2D eigenvalue weighted by Gasteiger charge is -2.12. The molecule has 0 saturated heterocycles. The van der Waals surface area contributed by atoms with E-state index < -0.39 is 16.0 Å². The molecule has 1 aromatic carbocycles. The normalized spacial score (nSPS) is 11.4. The minimum absolute atomic E-state index is 0.0821. The molecular formula is C13H13ClN2O5S. The Morgan fingerprint density at radius 3 is 2.68 bits per heavy atom. The first kappa shape index (κ1) is 16.3. The summed E-state index contributed by atoms with van der Waals surface area (Å²) in [6.45, 7) is 0.238. The Morgan fingerprint density at radius 1 is 1.41 bits per heavy atom. The number of carboxylic acids is 1. The number of rotatable bonds is 6. The van der Waals surface area contributed by atoms with E-state index in [0.29, 0.717) is 5.76 Å². The second kappa shape index (κ2) is 6.39. The van der Waals surface area contributed by atoms with Gasteiger partial charge in [0.2, 0.25) is 10.0 Å². The first-order valence-electron chi connectivity index (χ1n) is 6.12. The van der Waals surface area contributed by atoms with Crippen LogP contribution in [0.5, 0.6) is 0 Å². The SMILES string of the molecule is CNS(=O)(=O)c1cc(C(=O)O)c(NCc2ccco2)cc1Cl. The molecule has 22 heavy (non-hydrogen) atoms. The van der Waals surface area contributed by atoms with E-state index in [0.717, 1.165) is 6.07 Å². The zero-order valence-corrected chi connectivity index (χ0v) is 13.0. The number of hydrogen-bond donors (Lipinski definition) is 3. The fourth-order valence-electron chi connectivity index (χ4n) is 1.79. The Bertz CT molecular complexity index is 787. The van der Waals surface area contributed by atoms with Crippen molar-refractivity contribution in [3.05, 3.63) is 46.9 Å². The summed E-state index contributed by atoms with van der Waals surface area (Å²) in [7, 11) is -2.63. The molecule has 1 heterocycles. The molecule has 7 nitrogen and oxygen atoms in total. The van der Waals surface area contributed by atoms with E-state index in [-0.39, 0.29) is 27.7 Å². The van der Waals surface area contributed by atoms with Gasteiger partial charge >= 0.3 is 5.97 Å². The van der Waals surface area contributed by atoms with Crippen LogP contribution in [-0.4, -0.2) is 26.5 Å². The van der Waals surface area contributed by atoms with Crippen LogP contribution < -0.4 is 10.0 Å². The van der Waals surface area contributed by atoms with Crippen molar-refractivity contribution in [2.45, 2.75) is 11.4 Å². The van der Waals surface area contributed by atoms with Crippen LogP contribution in [0.3, 0.4) is 0 Å². The number of carbonyl (C=O) groups is 1. The number of nitrogens with one attached hydrogen (secondary N) is 2. The van der Waals surface area contributed by atoms with Crippen LogP contribution in [0.15, 0.2) is 39.8 Å². The smallest absolute Gasteiger partial charge is 0.337 e. The summed E-state index contributed by atoms with van der Waals surface area (Å²) in [5.74, 6) is -0.675. The largest absolute Gasteiger partial charge is 0.478 e. The highest BCUT2D eigenvalue weighted by Crippen LogP contribution is 2.29. The Labute approximate surface area is 131 Å². The fraction of sp³-hybridized carbons (Fsp3) is 0.154. The minimum atomic E-state index is -3.85. The average molecular weight is 345 g/mol. The first-order chi connectivity index (χ1) is 10.3. The number of halogens is 1. The van der Waals surface area contributed by atoms with E-state index in [2.05, 4.69) is 10.0 Å². The summed E-state index contributed by atoms with van der Waals surface area (Å²) in [5.41, 5.74) is -0.00580. The molecule has 0 fully saturated rings. The minimum Gasteiger partial charge on any atom is -0.478 e. The summed E-state index contributed by atoms with van der Waals surface area (Å²) in [6.07, 6.45) is 1.49. The van der Waals surface area contributed by atoms with Gasteiger partial charge in [-0.3, -0.25) is 0 Å². The molecule has 9 heteroatoms. The molecule has 2 rings (SSSR count). The zero-order valence-electron chi connectivity index (χ0n) is 11.5. The van der Waals surface area contributed by atoms with Crippen molar-refractivity contribution >= 4 is 33.3 Å². The third-order valence-corrected chi connectivity index (χ3v) is 4.77. The molecule has 0 atom stereocenters. The molecule has 0 radical (unpaired) electrons. The summed E-state index contributed by atoms with van der Waals surface area (Å²) < 4.78 is 30.9. The number of hydrogen-bond acceptors (Lipinski definition) is 5. The number of carboxylic acid groups (broad SMARTS) is 1. The van der Waals surface area contributed by atoms with Crippen LogP contribution in [0.4, 0.5) is 5.69 Å². The number of aromatic carboxylic acids is 1. The van der Waals surface area contributed by atoms with Crippen LogP contribution in [0.2, 0.25) is 5.02 Å². The van der Waals surface area contributed by atoms with Crippen molar-refractivity contribution in [1.82, 2.24) is 4.72 Å². The van der Waals surface area contributed by atoms with Crippen LogP contribution in [0.25, 0.3) is 0 Å². The third-order valence-electron chi connectivity index (χ3n) is 2.89. The Hall–Kier alpha value is -2.03. The van der Waals surface area contributed by atoms with Gasteiger partial charge in [-0.05, 0) is 31.3 Å². The molecule has 0 saturated carbocycles. The van der Waals surface area contributed by atoms with Crippen molar-refractivity contribution in [2.24, 2.45) is 0 Å². The van der Waals surface area contributed by atoms with Gasteiger partial charge in [-0.1, -0.05) is 11.6 Å². The summed E-state index contributed by atoms with van der Waals surface area (Å²) in [4.78, 5) is 11.0. The standard InChI is InChI=1S/C13H13ClN2O5S/c1-15-22(19,20)12-5-9(13(17)18)11(6-10(12)14)16-7-8-3-2-4-21-8/h2-6,15-16H,7H2,1H3,(H,17,18). The topological polar surface area (TPSA) is 109 Å². The van der Waals surface area contributed by atoms with Gasteiger partial charge < -0.3 is 14.8 Å². The second-order valence-corrected chi connectivity index (χ2v) is 6.54. The van der Waals surface area contributed by atoms with Gasteiger partial charge in [-0.25, -0.2) is 17.9 Å². The van der Waals surface area contributed by atoms with Gasteiger partial charge in [0, 0.05) is 0 Å². The van der Waals surface area contributed by atoms with E-state index in [9.17, 15) is 18.3 Å². The Balaban J connectivity index is 2.42. The predicted molar refractivity (Wildman–Crippen MR) is 80.7 cm³/mol. The Morgan fingerprint density at radius 2 is 2.14 bits per heavy atom. The van der Waals surface area contributed by atoms with Crippen LogP contribution >= 0.6 is 11.6 Å². The van der Waals surface area contributed by atoms with E-state index >= 15 is 0 Å². The maximum atomic E-state index is 11.8. The van der Waals surface area contributed by atoms with E-state index in [4.69, 9.17) is 16.0 Å². The molecule has 118 valence electrons. The van der Waals surface area contributed by atoms with Gasteiger partial charge in [0.05, 0.1) is 29.1 Å². The predicted octanol–water partition coefficient (Wildman–Crippen LogP) is 2.15. The van der Waals surface area contributed by atoms with Crippen LogP contribution in [0.1, 0.15) is 16.1 Å². The van der Waals surface area contributed by atoms with Crippen molar-refractivity contribution in [1.29, 1.82) is 0 Å². The number of furan rings is 1. The summed E-state index contributed by atoms with van der Waals surface area (Å²) in [5, 5.41) is 12.0. The quantitative estimate of drug-likeness (QED) is 0.741. The zero-order chi connectivity index (χ0) is 16.3. The second-order valence-electron chi connectivity index (χ2n) is 4.27. The monoisotopic (exact) mass is 344 g/mol. The lowest BCUT2D eigenvalue weighted by molar-refractivity contribution is 0.0697. The average Bonchev–Trinajstić information content (AvgIpc) is 2.97. The molecule has 0 amide bonds. The molecule has 0 aliphatic carbocycles. The molecule has 1 aromatic heterocycles. The first-order valence-corrected chi connectivity index (χ1v) is 7.98. The lowest BCUT2D eigenvalue weighted by atomic mass is 10.1. The molecule has 3 N–H and O–H groups in total. The van der Waals surface area contributed by atoms with Gasteiger partial charge in [0.15, 0.2) is 0 Å². The van der Waals surface area contributed by atoms with Gasteiger partial charge in [-0.15, -0.1) is 0 Å². The molecule has 0 spiro atoms. The van der Waals surface area contributed by atoms with E-state index in [1.54, 1.807) is 12.1 Å². The number of benzene rings is 1. The summed E-state index contributed by atoms with van der Waals surface area (Å²) >= 11 is 5.95.